The summed E-state index contributed by atoms with van der Waals surface area (Å²) in [6, 6.07) is 36.1. The molecular formula is C24H20NP. The van der Waals surface area contributed by atoms with Gasteiger partial charge in [-0.3, -0.25) is 0 Å². The van der Waals surface area contributed by atoms with Crippen LogP contribution >= 0.6 is 9.39 Å². The van der Waals surface area contributed by atoms with Crippen LogP contribution in [0.15, 0.2) is 103 Å². The van der Waals surface area contributed by atoms with Crippen LogP contribution < -0.4 is 5.09 Å². The summed E-state index contributed by atoms with van der Waals surface area (Å²) in [7, 11) is 2.63. The van der Waals surface area contributed by atoms with Crippen LogP contribution in [0.1, 0.15) is 0 Å². The number of benzene rings is 4. The van der Waals surface area contributed by atoms with Crippen molar-refractivity contribution in [3.8, 4) is 33.4 Å². The first-order valence-electron chi connectivity index (χ1n) is 8.68. The summed E-state index contributed by atoms with van der Waals surface area (Å²) >= 11 is 0. The molecular weight excluding hydrogens is 333 g/mol. The molecule has 0 saturated heterocycles. The molecule has 0 spiro atoms. The van der Waals surface area contributed by atoms with Crippen LogP contribution in [-0.4, -0.2) is 0 Å². The van der Waals surface area contributed by atoms with E-state index >= 15 is 0 Å². The third-order valence-electron chi connectivity index (χ3n) is 4.57. The van der Waals surface area contributed by atoms with Crippen molar-refractivity contribution in [2.75, 3.05) is 5.09 Å². The molecule has 1 nitrogen and oxygen atoms in total. The van der Waals surface area contributed by atoms with Crippen LogP contribution in [0.5, 0.6) is 0 Å². The van der Waals surface area contributed by atoms with Crippen molar-refractivity contribution in [2.45, 2.75) is 0 Å². The highest BCUT2D eigenvalue weighted by Gasteiger charge is 2.17. The summed E-state index contributed by atoms with van der Waals surface area (Å²) < 4.78 is 0. The lowest BCUT2D eigenvalue weighted by atomic mass is 9.86. The molecule has 2 heteroatoms. The molecule has 0 aliphatic heterocycles. The van der Waals surface area contributed by atoms with Gasteiger partial charge in [0.15, 0.2) is 0 Å². The molecule has 0 aromatic heterocycles. The number of hydrogen-bond donors (Lipinski definition) is 1. The predicted octanol–water partition coefficient (Wildman–Crippen LogP) is 6.89. The summed E-state index contributed by atoms with van der Waals surface area (Å²) in [6.45, 7) is 0. The largest absolute Gasteiger partial charge is 0.369 e. The predicted molar refractivity (Wildman–Crippen MR) is 116 cm³/mol. The Labute approximate surface area is 157 Å². The van der Waals surface area contributed by atoms with Crippen LogP contribution in [0.25, 0.3) is 33.4 Å². The van der Waals surface area contributed by atoms with E-state index in [1.54, 1.807) is 0 Å². The van der Waals surface area contributed by atoms with E-state index in [0.717, 1.165) is 5.69 Å². The van der Waals surface area contributed by atoms with Crippen LogP contribution in [-0.2, 0) is 0 Å². The third-order valence-corrected chi connectivity index (χ3v) is 4.88. The molecule has 1 atom stereocenters. The molecule has 0 heterocycles. The van der Waals surface area contributed by atoms with Crippen LogP contribution in [0.3, 0.4) is 0 Å². The van der Waals surface area contributed by atoms with E-state index in [4.69, 9.17) is 0 Å². The second-order valence-electron chi connectivity index (χ2n) is 6.15. The maximum Gasteiger partial charge on any atom is 0.0455 e. The molecule has 0 bridgehead atoms. The molecule has 0 fully saturated rings. The lowest BCUT2D eigenvalue weighted by molar-refractivity contribution is 1.55. The summed E-state index contributed by atoms with van der Waals surface area (Å²) in [4.78, 5) is 0. The van der Waals surface area contributed by atoms with Gasteiger partial charge < -0.3 is 5.09 Å². The Morgan fingerprint density at radius 2 is 0.923 bits per heavy atom. The highest BCUT2D eigenvalue weighted by Crippen LogP contribution is 2.44. The third kappa shape index (κ3) is 3.14. The molecule has 1 N–H and O–H groups in total. The monoisotopic (exact) mass is 353 g/mol. The van der Waals surface area contributed by atoms with Gasteiger partial charge >= 0.3 is 0 Å². The molecule has 26 heavy (non-hydrogen) atoms. The minimum Gasteiger partial charge on any atom is -0.369 e. The SMILES string of the molecule is PNc1ccc(-c2ccccc2)c(-c2ccccc2)c1-c1ccccc1. The van der Waals surface area contributed by atoms with E-state index in [1.165, 1.54) is 33.4 Å². The summed E-state index contributed by atoms with van der Waals surface area (Å²) in [6.07, 6.45) is 0. The minimum absolute atomic E-state index is 1.10. The van der Waals surface area contributed by atoms with Crippen LogP contribution in [0.4, 0.5) is 5.69 Å². The van der Waals surface area contributed by atoms with Gasteiger partial charge in [-0.15, -0.1) is 0 Å². The highest BCUT2D eigenvalue weighted by molar-refractivity contribution is 7.18. The summed E-state index contributed by atoms with van der Waals surface area (Å²) in [5.74, 6) is 0. The zero-order valence-corrected chi connectivity index (χ0v) is 15.5. The molecule has 4 aromatic rings. The number of hydrogen-bond acceptors (Lipinski definition) is 1. The fraction of sp³-hybridized carbons (Fsp3) is 0. The van der Waals surface area contributed by atoms with E-state index in [0.29, 0.717) is 0 Å². The standard InChI is InChI=1S/C24H20NP/c26-25-22-17-16-21(18-10-4-1-5-11-18)23(19-12-6-2-7-13-19)24(22)20-14-8-3-9-15-20/h1-17,25H,26H2. The Bertz CT molecular complexity index is 996. The van der Waals surface area contributed by atoms with Gasteiger partial charge in [0.05, 0.1) is 0 Å². The Morgan fingerprint density at radius 1 is 0.462 bits per heavy atom. The van der Waals surface area contributed by atoms with Crippen LogP contribution in [0.2, 0.25) is 0 Å². The topological polar surface area (TPSA) is 12.0 Å². The highest BCUT2D eigenvalue weighted by atomic mass is 31.0. The van der Waals surface area contributed by atoms with Gasteiger partial charge in [-0.25, -0.2) is 0 Å². The van der Waals surface area contributed by atoms with Crippen molar-refractivity contribution in [2.24, 2.45) is 0 Å². The van der Waals surface area contributed by atoms with Crippen molar-refractivity contribution < 1.29 is 0 Å². The molecule has 4 aromatic carbocycles. The fourth-order valence-electron chi connectivity index (χ4n) is 3.39. The molecule has 0 aliphatic rings. The Balaban J connectivity index is 2.09. The van der Waals surface area contributed by atoms with Crippen molar-refractivity contribution in [3.63, 3.8) is 0 Å². The second kappa shape index (κ2) is 7.56. The Hall–Kier alpha value is -2.89. The second-order valence-corrected chi connectivity index (χ2v) is 6.44. The zero-order valence-electron chi connectivity index (χ0n) is 14.4. The first-order valence-corrected chi connectivity index (χ1v) is 9.26. The average molecular weight is 353 g/mol. The van der Waals surface area contributed by atoms with Crippen molar-refractivity contribution in [1.29, 1.82) is 0 Å². The van der Waals surface area contributed by atoms with Gasteiger partial charge in [-0.1, -0.05) is 97.1 Å². The van der Waals surface area contributed by atoms with E-state index in [-0.39, 0.29) is 0 Å². The van der Waals surface area contributed by atoms with Crippen molar-refractivity contribution in [1.82, 2.24) is 0 Å². The van der Waals surface area contributed by atoms with E-state index in [1.807, 2.05) is 0 Å². The average Bonchev–Trinajstić information content (AvgIpc) is 2.74. The number of rotatable bonds is 4. The maximum atomic E-state index is 3.30. The lowest BCUT2D eigenvalue weighted by Gasteiger charge is -2.20. The van der Waals surface area contributed by atoms with Crippen molar-refractivity contribution >= 4 is 15.1 Å². The fourth-order valence-corrected chi connectivity index (χ4v) is 3.63. The Morgan fingerprint density at radius 3 is 1.42 bits per heavy atom. The smallest absolute Gasteiger partial charge is 0.0455 e. The quantitative estimate of drug-likeness (QED) is 0.394. The summed E-state index contributed by atoms with van der Waals surface area (Å²) in [5, 5.41) is 3.30. The summed E-state index contributed by atoms with van der Waals surface area (Å²) in [5.41, 5.74) is 8.43. The first kappa shape index (κ1) is 16.6. The van der Waals surface area contributed by atoms with Gasteiger partial charge in [0.25, 0.3) is 0 Å². The van der Waals surface area contributed by atoms with Crippen LogP contribution in [0, 0.1) is 0 Å². The zero-order chi connectivity index (χ0) is 17.8. The molecule has 0 saturated carbocycles. The molecule has 0 amide bonds. The van der Waals surface area contributed by atoms with Gasteiger partial charge in [0, 0.05) is 11.3 Å². The van der Waals surface area contributed by atoms with E-state index < -0.39 is 0 Å². The molecule has 0 aliphatic carbocycles. The van der Waals surface area contributed by atoms with Gasteiger partial charge in [0.1, 0.15) is 0 Å². The van der Waals surface area contributed by atoms with Crippen molar-refractivity contribution in [3.05, 3.63) is 103 Å². The lowest BCUT2D eigenvalue weighted by Crippen LogP contribution is -1.94. The normalized spacial score (nSPS) is 10.5. The van der Waals surface area contributed by atoms with E-state index in [2.05, 4.69) is 118 Å². The minimum atomic E-state index is 1.10. The number of nitrogens with one attached hydrogen (secondary N) is 1. The molecule has 126 valence electrons. The molecule has 1 unspecified atom stereocenters. The van der Waals surface area contributed by atoms with E-state index in [9.17, 15) is 0 Å². The van der Waals surface area contributed by atoms with Gasteiger partial charge in [-0.2, -0.15) is 0 Å². The van der Waals surface area contributed by atoms with Gasteiger partial charge in [0.2, 0.25) is 0 Å². The maximum absolute atomic E-state index is 3.30. The van der Waals surface area contributed by atoms with Gasteiger partial charge in [-0.05, 0) is 43.3 Å². The number of anilines is 1. The molecule has 0 radical (unpaired) electrons. The first-order chi connectivity index (χ1) is 12.9. The molecule has 4 rings (SSSR count). The Kier molecular flexibility index (Phi) is 4.82.